The van der Waals surface area contributed by atoms with Crippen LogP contribution in [0.5, 0.6) is 0 Å². The Hall–Kier alpha value is -1.33. The highest BCUT2D eigenvalue weighted by Gasteiger charge is 2.53. The molecule has 0 fully saturated rings. The Kier molecular flexibility index (Phi) is 2.63. The van der Waals surface area contributed by atoms with Crippen molar-refractivity contribution in [2.75, 3.05) is 0 Å². The van der Waals surface area contributed by atoms with Gasteiger partial charge in [-0.25, -0.2) is 4.39 Å². The topological polar surface area (TPSA) is 22.0 Å². The molecule has 6 heteroatoms. The lowest BCUT2D eigenvalue weighted by Crippen LogP contribution is -2.42. The average Bonchev–Trinajstić information content (AvgIpc) is 2.48. The molecule has 1 rings (SSSR count). The lowest BCUT2D eigenvalue weighted by Gasteiger charge is -2.25. The molecule has 15 heavy (non-hydrogen) atoms. The highest BCUT2D eigenvalue weighted by Crippen LogP contribution is 2.38. The Bertz CT molecular complexity index is 378. The third-order valence-electron chi connectivity index (χ3n) is 2.13. The number of rotatable bonds is 1. The third-order valence-corrected chi connectivity index (χ3v) is 2.13. The van der Waals surface area contributed by atoms with Gasteiger partial charge in [0.2, 0.25) is 5.91 Å². The average molecular weight is 223 g/mol. The number of carbonyl (C=O) groups excluding carboxylic acids is 1. The Labute approximate surface area is 83.5 Å². The molecular weight excluding hydrogens is 214 g/mol. The molecule has 0 aliphatic carbocycles. The Morgan fingerprint density at radius 2 is 1.87 bits per heavy atom. The molecule has 2 nitrogen and oxygen atoms in total. The van der Waals surface area contributed by atoms with Gasteiger partial charge in [0.15, 0.2) is 0 Å². The van der Waals surface area contributed by atoms with Crippen LogP contribution in [0.15, 0.2) is 18.5 Å². The third kappa shape index (κ3) is 2.03. The van der Waals surface area contributed by atoms with Crippen molar-refractivity contribution in [2.45, 2.75) is 20.0 Å². The maximum atomic E-state index is 12.5. The number of nitrogens with zero attached hydrogens (tertiary/aromatic N) is 1. The van der Waals surface area contributed by atoms with Gasteiger partial charge in [0.05, 0.1) is 0 Å². The standard InChI is InChI=1S/C9H9F4NO/c1-8(2,9(11,12)13)7(15)14-4-3-6(10)5-14/h3-5H,1-2H3. The van der Waals surface area contributed by atoms with Gasteiger partial charge in [0.25, 0.3) is 0 Å². The van der Waals surface area contributed by atoms with Crippen LogP contribution < -0.4 is 0 Å². The highest BCUT2D eigenvalue weighted by atomic mass is 19.4. The predicted molar refractivity (Wildman–Crippen MR) is 44.9 cm³/mol. The highest BCUT2D eigenvalue weighted by molar-refractivity contribution is 5.85. The molecule has 0 saturated carbocycles. The Morgan fingerprint density at radius 1 is 1.33 bits per heavy atom. The molecule has 0 amide bonds. The summed E-state index contributed by atoms with van der Waals surface area (Å²) in [6, 6.07) is 0.921. The number of carbonyl (C=O) groups is 1. The molecule has 0 bridgehead atoms. The first kappa shape index (κ1) is 11.7. The molecule has 0 unspecified atom stereocenters. The van der Waals surface area contributed by atoms with Gasteiger partial charge < -0.3 is 0 Å². The summed E-state index contributed by atoms with van der Waals surface area (Å²) in [6.45, 7) is 1.51. The van der Waals surface area contributed by atoms with Crippen molar-refractivity contribution in [1.29, 1.82) is 0 Å². The van der Waals surface area contributed by atoms with Crippen molar-refractivity contribution in [3.63, 3.8) is 0 Å². The van der Waals surface area contributed by atoms with E-state index < -0.39 is 23.3 Å². The molecule has 0 N–H and O–H groups in total. The number of halogens is 4. The second-order valence-electron chi connectivity index (χ2n) is 3.66. The number of hydrogen-bond donors (Lipinski definition) is 0. The minimum atomic E-state index is -4.66. The van der Waals surface area contributed by atoms with E-state index in [0.29, 0.717) is 4.57 Å². The van der Waals surface area contributed by atoms with E-state index >= 15 is 0 Å². The molecule has 0 spiro atoms. The molecule has 0 aliphatic rings. The molecule has 1 heterocycles. The minimum Gasteiger partial charge on any atom is -0.291 e. The molecule has 0 aliphatic heterocycles. The van der Waals surface area contributed by atoms with E-state index in [0.717, 1.165) is 32.3 Å². The smallest absolute Gasteiger partial charge is 0.291 e. The van der Waals surface area contributed by atoms with Crippen LogP contribution in [0, 0.1) is 11.2 Å². The maximum Gasteiger partial charge on any atom is 0.402 e. The largest absolute Gasteiger partial charge is 0.402 e. The van der Waals surface area contributed by atoms with E-state index in [2.05, 4.69) is 0 Å². The van der Waals surface area contributed by atoms with E-state index in [1.54, 1.807) is 0 Å². The molecule has 1 aromatic rings. The van der Waals surface area contributed by atoms with Crippen LogP contribution in [0.4, 0.5) is 17.6 Å². The summed E-state index contributed by atoms with van der Waals surface area (Å²) in [4.78, 5) is 11.4. The second kappa shape index (κ2) is 3.36. The summed E-state index contributed by atoms with van der Waals surface area (Å²) in [6.07, 6.45) is -2.98. The van der Waals surface area contributed by atoms with Crippen LogP contribution in [0.1, 0.15) is 18.6 Å². The lowest BCUT2D eigenvalue weighted by atomic mass is 9.91. The van der Waals surface area contributed by atoms with Crippen molar-refractivity contribution < 1.29 is 22.4 Å². The van der Waals surface area contributed by atoms with Gasteiger partial charge in [0, 0.05) is 12.4 Å². The molecule has 0 aromatic carbocycles. The zero-order valence-corrected chi connectivity index (χ0v) is 8.10. The molecule has 0 atom stereocenters. The Morgan fingerprint density at radius 3 is 2.20 bits per heavy atom. The van der Waals surface area contributed by atoms with Crippen molar-refractivity contribution in [1.82, 2.24) is 4.57 Å². The molecule has 84 valence electrons. The van der Waals surface area contributed by atoms with Crippen molar-refractivity contribution >= 4 is 5.91 Å². The lowest BCUT2D eigenvalue weighted by molar-refractivity contribution is -0.193. The zero-order valence-electron chi connectivity index (χ0n) is 8.10. The number of aromatic nitrogens is 1. The van der Waals surface area contributed by atoms with Crippen LogP contribution in [0.3, 0.4) is 0 Å². The summed E-state index contributed by atoms with van der Waals surface area (Å²) in [7, 11) is 0. The summed E-state index contributed by atoms with van der Waals surface area (Å²) >= 11 is 0. The van der Waals surface area contributed by atoms with Gasteiger partial charge in [-0.15, -0.1) is 0 Å². The van der Waals surface area contributed by atoms with Crippen molar-refractivity contribution in [2.24, 2.45) is 5.41 Å². The van der Waals surface area contributed by atoms with Gasteiger partial charge in [0.1, 0.15) is 11.2 Å². The minimum absolute atomic E-state index is 0.600. The summed E-state index contributed by atoms with van der Waals surface area (Å²) < 4.78 is 50.5. The molecular formula is C9H9F4NO. The van der Waals surface area contributed by atoms with Crippen LogP contribution in [0.25, 0.3) is 0 Å². The van der Waals surface area contributed by atoms with Crippen LogP contribution in [-0.2, 0) is 0 Å². The first-order valence-electron chi connectivity index (χ1n) is 4.11. The van der Waals surface area contributed by atoms with Gasteiger partial charge in [-0.05, 0) is 19.9 Å². The van der Waals surface area contributed by atoms with Crippen LogP contribution in [0.2, 0.25) is 0 Å². The zero-order chi connectivity index (χ0) is 11.9. The van der Waals surface area contributed by atoms with Gasteiger partial charge in [-0.3, -0.25) is 9.36 Å². The summed E-state index contributed by atoms with van der Waals surface area (Å²) in [5, 5.41) is 0. The van der Waals surface area contributed by atoms with Gasteiger partial charge in [-0.1, -0.05) is 0 Å². The SMILES string of the molecule is CC(C)(C(=O)n1ccc(F)c1)C(F)(F)F. The van der Waals surface area contributed by atoms with Crippen molar-refractivity contribution in [3.8, 4) is 0 Å². The first-order chi connectivity index (χ1) is 6.66. The molecule has 1 aromatic heterocycles. The Balaban J connectivity index is 3.05. The van der Waals surface area contributed by atoms with E-state index in [9.17, 15) is 22.4 Å². The monoisotopic (exact) mass is 223 g/mol. The summed E-state index contributed by atoms with van der Waals surface area (Å²) in [5.74, 6) is -1.96. The van der Waals surface area contributed by atoms with Gasteiger partial charge >= 0.3 is 6.18 Å². The quantitative estimate of drug-likeness (QED) is 0.671. The van der Waals surface area contributed by atoms with E-state index in [1.165, 1.54) is 0 Å². The van der Waals surface area contributed by atoms with E-state index in [4.69, 9.17) is 0 Å². The fourth-order valence-corrected chi connectivity index (χ4v) is 0.941. The fraction of sp³-hybridized carbons (Fsp3) is 0.444. The molecule has 0 radical (unpaired) electrons. The fourth-order valence-electron chi connectivity index (χ4n) is 0.941. The van der Waals surface area contributed by atoms with Crippen LogP contribution >= 0.6 is 0 Å². The predicted octanol–water partition coefficient (Wildman–Crippen LogP) is 2.86. The first-order valence-corrected chi connectivity index (χ1v) is 4.11. The van der Waals surface area contributed by atoms with Crippen LogP contribution in [-0.4, -0.2) is 16.7 Å². The van der Waals surface area contributed by atoms with Crippen molar-refractivity contribution in [3.05, 3.63) is 24.3 Å². The number of alkyl halides is 3. The van der Waals surface area contributed by atoms with Gasteiger partial charge in [-0.2, -0.15) is 13.2 Å². The number of hydrogen-bond acceptors (Lipinski definition) is 1. The molecule has 0 saturated heterocycles. The van der Waals surface area contributed by atoms with E-state index in [-0.39, 0.29) is 0 Å². The normalized spacial score (nSPS) is 12.9. The summed E-state index contributed by atoms with van der Waals surface area (Å²) in [5.41, 5.74) is -2.53. The van der Waals surface area contributed by atoms with E-state index in [1.807, 2.05) is 0 Å². The second-order valence-corrected chi connectivity index (χ2v) is 3.66. The maximum absolute atomic E-state index is 12.5.